The minimum atomic E-state index is -0.160. The van der Waals surface area contributed by atoms with E-state index in [1.165, 1.54) is 0 Å². The molecule has 6 heteroatoms. The Balaban J connectivity index is 1.50. The number of hydrogen-bond donors (Lipinski definition) is 1. The summed E-state index contributed by atoms with van der Waals surface area (Å²) in [5.74, 6) is 0.619. The van der Waals surface area contributed by atoms with Gasteiger partial charge < -0.3 is 5.32 Å². The summed E-state index contributed by atoms with van der Waals surface area (Å²) >= 11 is 6.11. The second-order valence-corrected chi connectivity index (χ2v) is 6.76. The molecule has 1 amide bonds. The van der Waals surface area contributed by atoms with Crippen LogP contribution in [-0.4, -0.2) is 39.7 Å². The van der Waals surface area contributed by atoms with Crippen molar-refractivity contribution in [3.05, 3.63) is 47.7 Å². The summed E-state index contributed by atoms with van der Waals surface area (Å²) in [6.07, 6.45) is 6.00. The maximum Gasteiger partial charge on any atom is 0.241 e. The highest BCUT2D eigenvalue weighted by atomic mass is 35.5. The number of carbonyl (C=O) groups is 1. The minimum Gasteiger partial charge on any atom is -0.323 e. The third kappa shape index (κ3) is 4.16. The second kappa shape index (κ2) is 7.81. The van der Waals surface area contributed by atoms with Gasteiger partial charge in [0.1, 0.15) is 0 Å². The lowest BCUT2D eigenvalue weighted by atomic mass is 9.96. The highest BCUT2D eigenvalue weighted by Gasteiger charge is 2.27. The molecule has 128 valence electrons. The van der Waals surface area contributed by atoms with Gasteiger partial charge in [-0.15, -0.1) is 0 Å². The molecule has 1 unspecified atom stereocenters. The number of rotatable bonds is 5. The lowest BCUT2D eigenvalue weighted by Crippen LogP contribution is -2.46. The van der Waals surface area contributed by atoms with Crippen LogP contribution in [0.4, 0.5) is 5.69 Å². The van der Waals surface area contributed by atoms with Crippen LogP contribution < -0.4 is 5.32 Å². The quantitative estimate of drug-likeness (QED) is 0.903. The molecule has 3 rings (SSSR count). The molecule has 1 aliphatic rings. The van der Waals surface area contributed by atoms with E-state index in [-0.39, 0.29) is 11.9 Å². The van der Waals surface area contributed by atoms with Crippen LogP contribution in [-0.2, 0) is 11.3 Å². The summed E-state index contributed by atoms with van der Waals surface area (Å²) in [4.78, 5) is 14.7. The van der Waals surface area contributed by atoms with E-state index < -0.39 is 0 Å². The number of amides is 1. The fraction of sp³-hybridized carbons (Fsp3) is 0.444. The first-order valence-corrected chi connectivity index (χ1v) is 8.78. The van der Waals surface area contributed by atoms with Crippen molar-refractivity contribution < 1.29 is 4.79 Å². The molecule has 1 aromatic heterocycles. The first-order valence-electron chi connectivity index (χ1n) is 8.40. The normalized spacial score (nSPS) is 17.6. The molecule has 1 N–H and O–H groups in total. The fourth-order valence-corrected chi connectivity index (χ4v) is 3.34. The second-order valence-electron chi connectivity index (χ2n) is 6.35. The number of carbonyl (C=O) groups excluding carboxylic acids is 1. The molecule has 1 aromatic carbocycles. The van der Waals surface area contributed by atoms with E-state index in [4.69, 9.17) is 11.6 Å². The summed E-state index contributed by atoms with van der Waals surface area (Å²) < 4.78 is 1.99. The van der Waals surface area contributed by atoms with Crippen LogP contribution in [0.15, 0.2) is 42.7 Å². The van der Waals surface area contributed by atoms with Gasteiger partial charge >= 0.3 is 0 Å². The largest absolute Gasteiger partial charge is 0.323 e. The molecule has 1 aliphatic heterocycles. The van der Waals surface area contributed by atoms with Crippen molar-refractivity contribution in [2.75, 3.05) is 18.4 Å². The van der Waals surface area contributed by atoms with Crippen LogP contribution in [0.25, 0.3) is 0 Å². The lowest BCUT2D eigenvalue weighted by molar-refractivity contribution is -0.121. The Hall–Kier alpha value is -1.85. The Kier molecular flexibility index (Phi) is 5.53. The predicted molar refractivity (Wildman–Crippen MR) is 96.1 cm³/mol. The maximum atomic E-state index is 12.5. The number of para-hydroxylation sites is 1. The van der Waals surface area contributed by atoms with Crippen molar-refractivity contribution >= 4 is 23.2 Å². The number of aromatic nitrogens is 2. The zero-order valence-corrected chi connectivity index (χ0v) is 14.6. The van der Waals surface area contributed by atoms with Crippen LogP contribution >= 0.6 is 11.6 Å². The lowest BCUT2D eigenvalue weighted by Gasteiger charge is -2.35. The van der Waals surface area contributed by atoms with Crippen molar-refractivity contribution in [3.63, 3.8) is 0 Å². The molecular weight excluding hydrogens is 324 g/mol. The van der Waals surface area contributed by atoms with E-state index in [1.54, 1.807) is 6.07 Å². The molecule has 0 spiro atoms. The number of likely N-dealkylation sites (tertiary alicyclic amines) is 1. The predicted octanol–water partition coefficient (Wildman–Crippen LogP) is 3.28. The van der Waals surface area contributed by atoms with E-state index in [9.17, 15) is 4.79 Å². The number of halogens is 1. The third-order valence-corrected chi connectivity index (χ3v) is 5.04. The molecule has 2 heterocycles. The maximum absolute atomic E-state index is 12.5. The van der Waals surface area contributed by atoms with Crippen molar-refractivity contribution in [1.29, 1.82) is 0 Å². The van der Waals surface area contributed by atoms with Crippen molar-refractivity contribution in [1.82, 2.24) is 14.7 Å². The Morgan fingerprint density at radius 1 is 1.33 bits per heavy atom. The van der Waals surface area contributed by atoms with Gasteiger partial charge in [-0.25, -0.2) is 0 Å². The number of anilines is 1. The van der Waals surface area contributed by atoms with Crippen molar-refractivity contribution in [2.45, 2.75) is 32.4 Å². The van der Waals surface area contributed by atoms with E-state index in [2.05, 4.69) is 15.3 Å². The van der Waals surface area contributed by atoms with Gasteiger partial charge in [0.2, 0.25) is 5.91 Å². The Morgan fingerprint density at radius 2 is 2.08 bits per heavy atom. The fourth-order valence-electron chi connectivity index (χ4n) is 3.16. The summed E-state index contributed by atoms with van der Waals surface area (Å²) in [7, 11) is 0. The van der Waals surface area contributed by atoms with Gasteiger partial charge in [0, 0.05) is 18.9 Å². The molecule has 1 fully saturated rings. The summed E-state index contributed by atoms with van der Waals surface area (Å²) in [6.45, 7) is 4.78. The van der Waals surface area contributed by atoms with Gasteiger partial charge in [-0.1, -0.05) is 23.7 Å². The topological polar surface area (TPSA) is 50.2 Å². The molecule has 1 atom stereocenters. The first kappa shape index (κ1) is 17.0. The van der Waals surface area contributed by atoms with Crippen LogP contribution in [0.5, 0.6) is 0 Å². The number of benzene rings is 1. The highest BCUT2D eigenvalue weighted by molar-refractivity contribution is 6.33. The van der Waals surface area contributed by atoms with Crippen LogP contribution in [0.1, 0.15) is 19.8 Å². The molecular formula is C18H23ClN4O. The molecule has 0 aliphatic carbocycles. The Morgan fingerprint density at radius 3 is 2.75 bits per heavy atom. The zero-order valence-electron chi connectivity index (χ0n) is 13.9. The highest BCUT2D eigenvalue weighted by Crippen LogP contribution is 2.23. The molecule has 0 bridgehead atoms. The van der Waals surface area contributed by atoms with E-state index in [0.29, 0.717) is 16.6 Å². The average molecular weight is 347 g/mol. The van der Waals surface area contributed by atoms with Crippen molar-refractivity contribution in [3.8, 4) is 0 Å². The van der Waals surface area contributed by atoms with Gasteiger partial charge in [-0.05, 0) is 57.0 Å². The smallest absolute Gasteiger partial charge is 0.241 e. The third-order valence-electron chi connectivity index (χ3n) is 4.71. The van der Waals surface area contributed by atoms with Gasteiger partial charge in [0.15, 0.2) is 0 Å². The Labute approximate surface area is 147 Å². The molecule has 0 radical (unpaired) electrons. The summed E-state index contributed by atoms with van der Waals surface area (Å²) in [5, 5.41) is 7.77. The number of piperidine rings is 1. The van der Waals surface area contributed by atoms with Crippen LogP contribution in [0, 0.1) is 5.92 Å². The molecule has 0 saturated carbocycles. The number of nitrogens with zero attached hydrogens (tertiary/aromatic N) is 3. The zero-order chi connectivity index (χ0) is 16.9. The van der Waals surface area contributed by atoms with Crippen LogP contribution in [0.3, 0.4) is 0 Å². The number of hydrogen-bond acceptors (Lipinski definition) is 3. The SMILES string of the molecule is CC(C(=O)Nc1ccccc1Cl)N1CCC(Cn2cccn2)CC1. The minimum absolute atomic E-state index is 0.00590. The van der Waals surface area contributed by atoms with Crippen LogP contribution in [0.2, 0.25) is 5.02 Å². The van der Waals surface area contributed by atoms with E-state index in [0.717, 1.165) is 32.5 Å². The van der Waals surface area contributed by atoms with Gasteiger partial charge in [0.25, 0.3) is 0 Å². The Bertz CT molecular complexity index is 665. The van der Waals surface area contributed by atoms with Gasteiger partial charge in [-0.2, -0.15) is 5.10 Å². The monoisotopic (exact) mass is 346 g/mol. The molecule has 5 nitrogen and oxygen atoms in total. The number of nitrogens with one attached hydrogen (secondary N) is 1. The summed E-state index contributed by atoms with van der Waals surface area (Å²) in [6, 6.07) is 9.12. The van der Waals surface area contributed by atoms with Gasteiger partial charge in [0.05, 0.1) is 16.8 Å². The molecule has 2 aromatic rings. The van der Waals surface area contributed by atoms with E-state index >= 15 is 0 Å². The van der Waals surface area contributed by atoms with Gasteiger partial charge in [-0.3, -0.25) is 14.4 Å². The molecule has 24 heavy (non-hydrogen) atoms. The first-order chi connectivity index (χ1) is 11.6. The van der Waals surface area contributed by atoms with Crippen molar-refractivity contribution in [2.24, 2.45) is 5.92 Å². The van der Waals surface area contributed by atoms with E-state index in [1.807, 2.05) is 48.3 Å². The summed E-state index contributed by atoms with van der Waals surface area (Å²) in [5.41, 5.74) is 0.671. The average Bonchev–Trinajstić information content (AvgIpc) is 3.10. The standard InChI is InChI=1S/C18H23ClN4O/c1-14(18(24)21-17-6-3-2-5-16(17)19)22-11-7-15(8-12-22)13-23-10-4-9-20-23/h2-6,9-10,14-15H,7-8,11-13H2,1H3,(H,21,24). The molecule has 1 saturated heterocycles.